The van der Waals surface area contributed by atoms with Gasteiger partial charge in [0.05, 0.1) is 12.2 Å². The Morgan fingerprint density at radius 3 is 2.91 bits per heavy atom. The lowest BCUT2D eigenvalue weighted by molar-refractivity contribution is 0.0485. The third-order valence-corrected chi connectivity index (χ3v) is 3.63. The van der Waals surface area contributed by atoms with Crippen molar-refractivity contribution in [1.82, 2.24) is 5.32 Å². The van der Waals surface area contributed by atoms with E-state index >= 15 is 0 Å². The maximum Gasteiger partial charge on any atom is 0.498 e. The van der Waals surface area contributed by atoms with Gasteiger partial charge in [-0.15, -0.1) is 0 Å². The number of rotatable bonds is 2. The minimum Gasteiger partial charge on any atom is -0.491 e. The zero-order chi connectivity index (χ0) is 16.6. The van der Waals surface area contributed by atoms with Crippen LogP contribution < -0.4 is 15.5 Å². The van der Waals surface area contributed by atoms with Gasteiger partial charge in [-0.3, -0.25) is 0 Å². The molecule has 124 valence electrons. The van der Waals surface area contributed by atoms with Crippen molar-refractivity contribution in [3.63, 3.8) is 0 Å². The number of carbonyl (C=O) groups is 1. The van der Waals surface area contributed by atoms with Crippen molar-refractivity contribution in [3.8, 4) is 5.75 Å². The number of hydrogen-bond acceptors (Lipinski definition) is 5. The van der Waals surface area contributed by atoms with Crippen molar-refractivity contribution in [1.29, 1.82) is 0 Å². The summed E-state index contributed by atoms with van der Waals surface area (Å²) in [6.45, 7) is 8.25. The zero-order valence-electron chi connectivity index (χ0n) is 13.9. The summed E-state index contributed by atoms with van der Waals surface area (Å²) in [5, 5.41) is 2.75. The molecule has 2 unspecified atom stereocenters. The zero-order valence-corrected chi connectivity index (χ0v) is 13.9. The molecule has 0 fully saturated rings. The second-order valence-electron chi connectivity index (χ2n) is 6.86. The molecule has 1 amide bonds. The minimum atomic E-state index is -0.526. The van der Waals surface area contributed by atoms with Crippen molar-refractivity contribution in [2.45, 2.75) is 45.5 Å². The van der Waals surface area contributed by atoms with Gasteiger partial charge in [0.25, 0.3) is 0 Å². The van der Waals surface area contributed by atoms with Gasteiger partial charge in [-0.05, 0) is 39.3 Å². The highest BCUT2D eigenvalue weighted by atomic mass is 16.6. The van der Waals surface area contributed by atoms with Gasteiger partial charge in [0, 0.05) is 12.0 Å². The molecule has 0 bridgehead atoms. The summed E-state index contributed by atoms with van der Waals surface area (Å²) in [5.41, 5.74) is 1.38. The van der Waals surface area contributed by atoms with E-state index in [1.54, 1.807) is 0 Å². The molecule has 7 heteroatoms. The quantitative estimate of drug-likeness (QED) is 0.842. The van der Waals surface area contributed by atoms with Crippen LogP contribution in [-0.2, 0) is 14.0 Å². The lowest BCUT2D eigenvalue weighted by Crippen LogP contribution is -2.36. The lowest BCUT2D eigenvalue weighted by Gasteiger charge is -2.21. The number of amides is 1. The van der Waals surface area contributed by atoms with Crippen LogP contribution in [0.15, 0.2) is 18.2 Å². The van der Waals surface area contributed by atoms with Gasteiger partial charge in [-0.2, -0.15) is 0 Å². The Balaban J connectivity index is 1.71. The van der Waals surface area contributed by atoms with Gasteiger partial charge in [-0.1, -0.05) is 12.1 Å². The third kappa shape index (κ3) is 3.62. The summed E-state index contributed by atoms with van der Waals surface area (Å²) in [4.78, 5) is 11.8. The van der Waals surface area contributed by atoms with Gasteiger partial charge in [-0.25, -0.2) is 4.79 Å². The number of nitrogens with one attached hydrogen (secondary N) is 1. The van der Waals surface area contributed by atoms with E-state index in [0.717, 1.165) is 16.8 Å². The van der Waals surface area contributed by atoms with Crippen LogP contribution in [0.25, 0.3) is 0 Å². The summed E-state index contributed by atoms with van der Waals surface area (Å²) in [5.74, 6) is 0.789. The average Bonchev–Trinajstić information content (AvgIpc) is 2.70. The molecule has 2 heterocycles. The fraction of sp³-hybridized carbons (Fsp3) is 0.562. The highest BCUT2D eigenvalue weighted by molar-refractivity contribution is 6.64. The van der Waals surface area contributed by atoms with E-state index in [-0.39, 0.29) is 12.2 Å². The Morgan fingerprint density at radius 1 is 1.39 bits per heavy atom. The molecule has 6 nitrogen and oxygen atoms in total. The third-order valence-electron chi connectivity index (χ3n) is 3.63. The first kappa shape index (κ1) is 16.1. The monoisotopic (exact) mass is 319 g/mol. The number of hydrogen-bond donors (Lipinski definition) is 1. The summed E-state index contributed by atoms with van der Waals surface area (Å²) in [6, 6.07) is 5.82. The number of ether oxygens (including phenoxy) is 2. The van der Waals surface area contributed by atoms with E-state index in [1.165, 1.54) is 0 Å². The van der Waals surface area contributed by atoms with Crippen LogP contribution >= 0.6 is 0 Å². The fourth-order valence-electron chi connectivity index (χ4n) is 2.72. The average molecular weight is 319 g/mol. The number of benzene rings is 1. The van der Waals surface area contributed by atoms with Gasteiger partial charge in [0.2, 0.25) is 0 Å². The molecule has 1 aromatic carbocycles. The van der Waals surface area contributed by atoms with Crippen molar-refractivity contribution < 1.29 is 23.6 Å². The topological polar surface area (TPSA) is 66.0 Å². The van der Waals surface area contributed by atoms with E-state index in [1.807, 2.05) is 45.9 Å². The predicted molar refractivity (Wildman–Crippen MR) is 85.9 cm³/mol. The fourth-order valence-corrected chi connectivity index (χ4v) is 2.72. The first-order valence-electron chi connectivity index (χ1n) is 7.87. The largest absolute Gasteiger partial charge is 0.498 e. The molecule has 3 rings (SSSR count). The smallest absolute Gasteiger partial charge is 0.491 e. The van der Waals surface area contributed by atoms with Crippen molar-refractivity contribution in [3.05, 3.63) is 23.8 Å². The molecular formula is C16H22BNO5. The summed E-state index contributed by atoms with van der Waals surface area (Å²) >= 11 is 0. The second kappa shape index (κ2) is 6.05. The normalized spacial score (nSPS) is 22.9. The van der Waals surface area contributed by atoms with E-state index in [0.29, 0.717) is 13.2 Å². The highest BCUT2D eigenvalue weighted by Crippen LogP contribution is 2.30. The van der Waals surface area contributed by atoms with Crippen LogP contribution in [0.2, 0.25) is 0 Å². The first-order valence-corrected chi connectivity index (χ1v) is 7.87. The van der Waals surface area contributed by atoms with E-state index < -0.39 is 18.8 Å². The Morgan fingerprint density at radius 2 is 2.17 bits per heavy atom. The van der Waals surface area contributed by atoms with Crippen LogP contribution in [0.3, 0.4) is 0 Å². The molecule has 0 spiro atoms. The Kier molecular flexibility index (Phi) is 4.25. The summed E-state index contributed by atoms with van der Waals surface area (Å²) in [6.07, 6.45) is -0.797. The molecule has 2 aliphatic rings. The van der Waals surface area contributed by atoms with Gasteiger partial charge in [0.1, 0.15) is 18.0 Å². The molecule has 0 saturated heterocycles. The molecule has 1 N–H and O–H groups in total. The first-order chi connectivity index (χ1) is 10.8. The van der Waals surface area contributed by atoms with E-state index in [9.17, 15) is 4.79 Å². The maximum atomic E-state index is 11.8. The molecule has 0 aliphatic carbocycles. The Hall–Kier alpha value is -1.73. The van der Waals surface area contributed by atoms with Crippen LogP contribution in [-0.4, -0.2) is 38.1 Å². The van der Waals surface area contributed by atoms with Crippen LogP contribution in [0, 0.1) is 0 Å². The van der Waals surface area contributed by atoms with E-state index in [2.05, 4.69) is 5.32 Å². The van der Waals surface area contributed by atoms with Crippen molar-refractivity contribution >= 4 is 18.7 Å². The van der Waals surface area contributed by atoms with Crippen LogP contribution in [0.4, 0.5) is 4.79 Å². The highest BCUT2D eigenvalue weighted by Gasteiger charge is 2.42. The maximum absolute atomic E-state index is 11.8. The van der Waals surface area contributed by atoms with Crippen LogP contribution in [0.1, 0.15) is 39.4 Å². The van der Waals surface area contributed by atoms with Gasteiger partial charge >= 0.3 is 13.2 Å². The summed E-state index contributed by atoms with van der Waals surface area (Å²) in [7, 11) is -0.455. The molecule has 0 aromatic heterocycles. The molecule has 2 aliphatic heterocycles. The SMILES string of the molecule is CC1COc2cccc3c2B(O1)OC3CNC(=O)OC(C)(C)C. The molecule has 1 aromatic rings. The lowest BCUT2D eigenvalue weighted by atomic mass is 9.77. The second-order valence-corrected chi connectivity index (χ2v) is 6.86. The Labute approximate surface area is 136 Å². The minimum absolute atomic E-state index is 0.0576. The molecular weight excluding hydrogens is 297 g/mol. The molecule has 0 saturated carbocycles. The molecule has 0 radical (unpaired) electrons. The predicted octanol–water partition coefficient (Wildman–Crippen LogP) is 1.78. The van der Waals surface area contributed by atoms with Gasteiger partial charge in [0.15, 0.2) is 0 Å². The standard InChI is InChI=1S/C16H22BNO5/c1-10-9-20-12-7-5-6-11-13(23-17(22-10)14(11)12)8-18-15(19)21-16(2,3)4/h5-7,10,13H,8-9H2,1-4H3,(H,18,19). The molecule has 23 heavy (non-hydrogen) atoms. The van der Waals surface area contributed by atoms with Crippen LogP contribution in [0.5, 0.6) is 5.75 Å². The van der Waals surface area contributed by atoms with Crippen molar-refractivity contribution in [2.75, 3.05) is 13.2 Å². The summed E-state index contributed by atoms with van der Waals surface area (Å²) < 4.78 is 22.9. The van der Waals surface area contributed by atoms with Gasteiger partial charge < -0.3 is 24.1 Å². The van der Waals surface area contributed by atoms with Crippen molar-refractivity contribution in [2.24, 2.45) is 0 Å². The Bertz CT molecular complexity index is 601. The molecule has 2 atom stereocenters. The van der Waals surface area contributed by atoms with E-state index in [4.69, 9.17) is 18.8 Å². The number of carbonyl (C=O) groups excluding carboxylic acids is 1. The number of alkyl carbamates (subject to hydrolysis) is 1.